The van der Waals surface area contributed by atoms with Gasteiger partial charge in [0.05, 0.1) is 25.4 Å². The van der Waals surface area contributed by atoms with Crippen LogP contribution in [0.2, 0.25) is 0 Å². The normalized spacial score (nSPS) is 18.3. The molecule has 0 aliphatic carbocycles. The second-order valence-electron chi connectivity index (χ2n) is 4.60. The van der Waals surface area contributed by atoms with E-state index in [1.807, 2.05) is 6.92 Å². The van der Waals surface area contributed by atoms with Gasteiger partial charge in [0.1, 0.15) is 11.0 Å². The quantitative estimate of drug-likeness (QED) is 0.804. The largest absolute Gasteiger partial charge is 0.462 e. The average molecular weight is 312 g/mol. The molecule has 1 aromatic rings. The van der Waals surface area contributed by atoms with Crippen LogP contribution in [0.1, 0.15) is 29.1 Å². The number of morpholine rings is 1. The molecule has 0 radical (unpaired) electrons. The molecular formula is C14H20N2O4S. The number of ether oxygens (including phenoxy) is 2. The van der Waals surface area contributed by atoms with Crippen molar-refractivity contribution in [1.29, 1.82) is 0 Å². The summed E-state index contributed by atoms with van der Waals surface area (Å²) in [6.45, 7) is 5.66. The van der Waals surface area contributed by atoms with Gasteiger partial charge in [0, 0.05) is 11.4 Å². The Labute approximate surface area is 127 Å². The molecule has 2 N–H and O–H groups in total. The van der Waals surface area contributed by atoms with Gasteiger partial charge in [-0.3, -0.25) is 4.79 Å². The Morgan fingerprint density at radius 1 is 1.52 bits per heavy atom. The van der Waals surface area contributed by atoms with E-state index in [-0.39, 0.29) is 11.9 Å². The van der Waals surface area contributed by atoms with E-state index in [2.05, 4.69) is 10.6 Å². The fourth-order valence-corrected chi connectivity index (χ4v) is 2.99. The molecule has 21 heavy (non-hydrogen) atoms. The summed E-state index contributed by atoms with van der Waals surface area (Å²) < 4.78 is 10.3. The highest BCUT2D eigenvalue weighted by atomic mass is 32.1. The number of amides is 1. The SMILES string of the molecule is CCOC(=O)c1cc(CC)sc1NC(=O)C1COCCN1. The molecule has 1 aromatic heterocycles. The predicted octanol–water partition coefficient (Wildman–Crippen LogP) is 1.41. The number of hydrogen-bond acceptors (Lipinski definition) is 6. The molecule has 2 rings (SSSR count). The van der Waals surface area contributed by atoms with E-state index in [9.17, 15) is 9.59 Å². The molecule has 0 saturated carbocycles. The van der Waals surface area contributed by atoms with Crippen molar-refractivity contribution in [2.75, 3.05) is 31.7 Å². The van der Waals surface area contributed by atoms with Gasteiger partial charge in [-0.15, -0.1) is 11.3 Å². The molecule has 0 bridgehead atoms. The standard InChI is InChI=1S/C14H20N2O4S/c1-3-9-7-10(14(18)20-4-2)13(21-9)16-12(17)11-8-19-6-5-15-11/h7,11,15H,3-6,8H2,1-2H3,(H,16,17). The van der Waals surface area contributed by atoms with Crippen LogP contribution in [0.15, 0.2) is 6.07 Å². The van der Waals surface area contributed by atoms with Gasteiger partial charge in [-0.2, -0.15) is 0 Å². The van der Waals surface area contributed by atoms with Crippen molar-refractivity contribution >= 4 is 28.2 Å². The summed E-state index contributed by atoms with van der Waals surface area (Å²) in [5, 5.41) is 6.44. The van der Waals surface area contributed by atoms with Crippen molar-refractivity contribution in [3.05, 3.63) is 16.5 Å². The van der Waals surface area contributed by atoms with Crippen molar-refractivity contribution in [2.45, 2.75) is 26.3 Å². The number of nitrogens with one attached hydrogen (secondary N) is 2. The van der Waals surface area contributed by atoms with Gasteiger partial charge >= 0.3 is 5.97 Å². The summed E-state index contributed by atoms with van der Waals surface area (Å²) >= 11 is 1.40. The molecular weight excluding hydrogens is 292 g/mol. The minimum atomic E-state index is -0.406. The highest BCUT2D eigenvalue weighted by molar-refractivity contribution is 7.16. The fourth-order valence-electron chi connectivity index (χ4n) is 2.00. The Morgan fingerprint density at radius 3 is 2.95 bits per heavy atom. The first kappa shape index (κ1) is 15.9. The monoisotopic (exact) mass is 312 g/mol. The van der Waals surface area contributed by atoms with Crippen molar-refractivity contribution in [1.82, 2.24) is 5.32 Å². The smallest absolute Gasteiger partial charge is 0.341 e. The number of carbonyl (C=O) groups excluding carboxylic acids is 2. The Kier molecular flexibility index (Phi) is 5.72. The zero-order chi connectivity index (χ0) is 15.2. The van der Waals surface area contributed by atoms with E-state index in [0.717, 1.165) is 11.3 Å². The van der Waals surface area contributed by atoms with Gasteiger partial charge in [0.2, 0.25) is 5.91 Å². The molecule has 2 heterocycles. The van der Waals surface area contributed by atoms with Gasteiger partial charge < -0.3 is 20.1 Å². The molecule has 1 atom stereocenters. The summed E-state index contributed by atoms with van der Waals surface area (Å²) in [6, 6.07) is 1.39. The molecule has 0 aromatic carbocycles. The Morgan fingerprint density at radius 2 is 2.33 bits per heavy atom. The third kappa shape index (κ3) is 4.03. The Bertz CT molecular complexity index is 509. The highest BCUT2D eigenvalue weighted by Gasteiger charge is 2.24. The van der Waals surface area contributed by atoms with Gasteiger partial charge in [-0.05, 0) is 19.4 Å². The lowest BCUT2D eigenvalue weighted by atomic mass is 10.2. The summed E-state index contributed by atoms with van der Waals surface area (Å²) in [5.41, 5.74) is 0.420. The number of aryl methyl sites for hydroxylation is 1. The molecule has 1 fully saturated rings. The Balaban J connectivity index is 2.12. The number of hydrogen-bond donors (Lipinski definition) is 2. The van der Waals surface area contributed by atoms with Crippen molar-refractivity contribution in [3.63, 3.8) is 0 Å². The topological polar surface area (TPSA) is 76.7 Å². The maximum atomic E-state index is 12.2. The van der Waals surface area contributed by atoms with Crippen LogP contribution in [0, 0.1) is 0 Å². The maximum absolute atomic E-state index is 12.2. The number of rotatable bonds is 5. The molecule has 1 saturated heterocycles. The minimum absolute atomic E-state index is 0.190. The van der Waals surface area contributed by atoms with Crippen LogP contribution in [0.25, 0.3) is 0 Å². The fraction of sp³-hybridized carbons (Fsp3) is 0.571. The first-order chi connectivity index (χ1) is 10.2. The lowest BCUT2D eigenvalue weighted by molar-refractivity contribution is -0.120. The number of carbonyl (C=O) groups is 2. The van der Waals surface area contributed by atoms with Crippen LogP contribution in [0.3, 0.4) is 0 Å². The van der Waals surface area contributed by atoms with E-state index in [1.54, 1.807) is 13.0 Å². The Hall–Kier alpha value is -1.44. The molecule has 1 amide bonds. The van der Waals surface area contributed by atoms with Crippen LogP contribution in [-0.4, -0.2) is 44.3 Å². The molecule has 1 unspecified atom stereocenters. The van der Waals surface area contributed by atoms with Gasteiger partial charge in [0.25, 0.3) is 0 Å². The lowest BCUT2D eigenvalue weighted by Gasteiger charge is -2.22. The summed E-state index contributed by atoms with van der Waals surface area (Å²) in [4.78, 5) is 25.2. The predicted molar refractivity (Wildman–Crippen MR) is 80.9 cm³/mol. The summed E-state index contributed by atoms with van der Waals surface area (Å²) in [7, 11) is 0. The van der Waals surface area contributed by atoms with Gasteiger partial charge in [0.15, 0.2) is 0 Å². The number of anilines is 1. The molecule has 1 aliphatic rings. The van der Waals surface area contributed by atoms with Crippen molar-refractivity contribution in [2.24, 2.45) is 0 Å². The van der Waals surface area contributed by atoms with Gasteiger partial charge in [-0.25, -0.2) is 4.79 Å². The number of thiophene rings is 1. The van der Waals surface area contributed by atoms with Crippen LogP contribution in [-0.2, 0) is 20.7 Å². The second kappa shape index (κ2) is 7.53. The first-order valence-electron chi connectivity index (χ1n) is 7.07. The van der Waals surface area contributed by atoms with Crippen LogP contribution in [0.4, 0.5) is 5.00 Å². The first-order valence-corrected chi connectivity index (χ1v) is 7.89. The van der Waals surface area contributed by atoms with Crippen molar-refractivity contribution in [3.8, 4) is 0 Å². The highest BCUT2D eigenvalue weighted by Crippen LogP contribution is 2.29. The van der Waals surface area contributed by atoms with Crippen LogP contribution in [0.5, 0.6) is 0 Å². The molecule has 7 heteroatoms. The van der Waals surface area contributed by atoms with Crippen LogP contribution >= 0.6 is 11.3 Å². The summed E-state index contributed by atoms with van der Waals surface area (Å²) in [6.07, 6.45) is 0.803. The molecule has 6 nitrogen and oxygen atoms in total. The lowest BCUT2D eigenvalue weighted by Crippen LogP contribution is -2.48. The molecule has 116 valence electrons. The summed E-state index contributed by atoms with van der Waals surface area (Å²) in [5.74, 6) is -0.596. The van der Waals surface area contributed by atoms with E-state index < -0.39 is 5.97 Å². The molecule has 0 spiro atoms. The molecule has 1 aliphatic heterocycles. The third-order valence-corrected chi connectivity index (χ3v) is 4.30. The third-order valence-electron chi connectivity index (χ3n) is 3.10. The zero-order valence-corrected chi connectivity index (χ0v) is 13.0. The van der Waals surface area contributed by atoms with Gasteiger partial charge in [-0.1, -0.05) is 6.92 Å². The minimum Gasteiger partial charge on any atom is -0.462 e. The number of esters is 1. The average Bonchev–Trinajstić information content (AvgIpc) is 2.91. The van der Waals surface area contributed by atoms with E-state index in [1.165, 1.54) is 11.3 Å². The maximum Gasteiger partial charge on any atom is 0.341 e. The van der Waals surface area contributed by atoms with E-state index in [4.69, 9.17) is 9.47 Å². The van der Waals surface area contributed by atoms with E-state index in [0.29, 0.717) is 36.9 Å². The van der Waals surface area contributed by atoms with E-state index >= 15 is 0 Å². The zero-order valence-electron chi connectivity index (χ0n) is 12.2. The van der Waals surface area contributed by atoms with Crippen molar-refractivity contribution < 1.29 is 19.1 Å². The van der Waals surface area contributed by atoms with Crippen LogP contribution < -0.4 is 10.6 Å². The second-order valence-corrected chi connectivity index (χ2v) is 5.74.